The van der Waals surface area contributed by atoms with E-state index in [9.17, 15) is 8.42 Å². The first kappa shape index (κ1) is 16.4. The highest BCUT2D eigenvalue weighted by molar-refractivity contribution is 7.89. The van der Waals surface area contributed by atoms with E-state index >= 15 is 0 Å². The molecule has 0 radical (unpaired) electrons. The van der Waals surface area contributed by atoms with Crippen molar-refractivity contribution in [3.63, 3.8) is 0 Å². The Kier molecular flexibility index (Phi) is 5.80. The number of hydrogen-bond donors (Lipinski definition) is 1. The monoisotopic (exact) mass is 304 g/mol. The molecule has 1 heterocycles. The first-order valence-electron chi connectivity index (χ1n) is 6.37. The second-order valence-corrected chi connectivity index (χ2v) is 6.56. The molecule has 2 rings (SSSR count). The highest BCUT2D eigenvalue weighted by Gasteiger charge is 2.30. The molecule has 1 aromatic rings. The highest BCUT2D eigenvalue weighted by atomic mass is 35.5. The summed E-state index contributed by atoms with van der Waals surface area (Å²) < 4.78 is 26.6. The summed E-state index contributed by atoms with van der Waals surface area (Å²) in [4.78, 5) is 0.397. The van der Waals surface area contributed by atoms with Crippen molar-refractivity contribution in [3.8, 4) is 0 Å². The number of benzene rings is 1. The van der Waals surface area contributed by atoms with Gasteiger partial charge in [0.15, 0.2) is 0 Å². The van der Waals surface area contributed by atoms with Gasteiger partial charge in [0.2, 0.25) is 10.0 Å². The number of piperazine rings is 1. The molecule has 0 spiro atoms. The van der Waals surface area contributed by atoms with Crippen molar-refractivity contribution in [2.75, 3.05) is 19.6 Å². The van der Waals surface area contributed by atoms with E-state index < -0.39 is 10.0 Å². The molecule has 0 amide bonds. The maximum atomic E-state index is 12.5. The number of aryl methyl sites for hydroxylation is 1. The van der Waals surface area contributed by atoms with Crippen molar-refractivity contribution in [2.45, 2.75) is 31.2 Å². The summed E-state index contributed by atoms with van der Waals surface area (Å²) in [6, 6.07) is 7.21. The molecule has 1 aliphatic heterocycles. The van der Waals surface area contributed by atoms with E-state index in [1.165, 1.54) is 0 Å². The van der Waals surface area contributed by atoms with Gasteiger partial charge >= 0.3 is 0 Å². The Morgan fingerprint density at radius 3 is 2.47 bits per heavy atom. The summed E-state index contributed by atoms with van der Waals surface area (Å²) in [6.45, 7) is 5.97. The predicted molar refractivity (Wildman–Crippen MR) is 79.3 cm³/mol. The van der Waals surface area contributed by atoms with Crippen LogP contribution < -0.4 is 5.32 Å². The van der Waals surface area contributed by atoms with Gasteiger partial charge < -0.3 is 5.32 Å². The van der Waals surface area contributed by atoms with Crippen LogP contribution in [0.4, 0.5) is 0 Å². The lowest BCUT2D eigenvalue weighted by Gasteiger charge is -2.32. The standard InChI is InChI=1S/C13H20N2O2S.ClH/c1-3-12-4-6-13(7-5-12)18(16,17)15-9-8-14-10-11(15)2;/h4-7,11,14H,3,8-10H2,1-2H3;1H/t11-;/m0./s1. The van der Waals surface area contributed by atoms with Gasteiger partial charge in [-0.15, -0.1) is 12.4 Å². The molecular formula is C13H21ClN2O2S. The minimum absolute atomic E-state index is 0. The molecular weight excluding hydrogens is 284 g/mol. The largest absolute Gasteiger partial charge is 0.314 e. The lowest BCUT2D eigenvalue weighted by molar-refractivity contribution is 0.284. The quantitative estimate of drug-likeness (QED) is 0.924. The molecule has 1 aliphatic rings. The molecule has 1 fully saturated rings. The first-order chi connectivity index (χ1) is 8.55. The topological polar surface area (TPSA) is 49.4 Å². The van der Waals surface area contributed by atoms with Gasteiger partial charge in [-0.05, 0) is 31.0 Å². The van der Waals surface area contributed by atoms with Gasteiger partial charge in [-0.25, -0.2) is 8.42 Å². The van der Waals surface area contributed by atoms with Crippen molar-refractivity contribution in [1.29, 1.82) is 0 Å². The molecule has 0 unspecified atom stereocenters. The van der Waals surface area contributed by atoms with Crippen LogP contribution in [-0.2, 0) is 16.4 Å². The highest BCUT2D eigenvalue weighted by Crippen LogP contribution is 2.19. The van der Waals surface area contributed by atoms with Crippen LogP contribution in [0.2, 0.25) is 0 Å². The lowest BCUT2D eigenvalue weighted by atomic mass is 10.2. The predicted octanol–water partition coefficient (Wildman–Crippen LogP) is 1.65. The van der Waals surface area contributed by atoms with E-state index in [1.54, 1.807) is 16.4 Å². The second-order valence-electron chi connectivity index (χ2n) is 4.67. The van der Waals surface area contributed by atoms with Crippen LogP contribution in [0, 0.1) is 0 Å². The normalized spacial score (nSPS) is 20.8. The molecule has 1 saturated heterocycles. The molecule has 1 atom stereocenters. The smallest absolute Gasteiger partial charge is 0.243 e. The van der Waals surface area contributed by atoms with E-state index in [-0.39, 0.29) is 18.4 Å². The van der Waals surface area contributed by atoms with Gasteiger partial charge in [0.1, 0.15) is 0 Å². The fourth-order valence-corrected chi connectivity index (χ4v) is 3.84. The van der Waals surface area contributed by atoms with Crippen molar-refractivity contribution in [3.05, 3.63) is 29.8 Å². The van der Waals surface area contributed by atoms with E-state index in [1.807, 2.05) is 19.1 Å². The Hall–Kier alpha value is -0.620. The average molecular weight is 305 g/mol. The molecule has 1 aromatic carbocycles. The third kappa shape index (κ3) is 3.48. The number of nitrogens with zero attached hydrogens (tertiary/aromatic N) is 1. The summed E-state index contributed by atoms with van der Waals surface area (Å²) in [5.41, 5.74) is 1.15. The van der Waals surface area contributed by atoms with Gasteiger partial charge in [0.05, 0.1) is 4.90 Å². The van der Waals surface area contributed by atoms with Gasteiger partial charge in [-0.1, -0.05) is 19.1 Å². The van der Waals surface area contributed by atoms with Crippen LogP contribution >= 0.6 is 12.4 Å². The SMILES string of the molecule is CCc1ccc(S(=O)(=O)N2CCNC[C@@H]2C)cc1.Cl. The molecule has 108 valence electrons. The maximum Gasteiger partial charge on any atom is 0.243 e. The third-order valence-electron chi connectivity index (χ3n) is 3.38. The summed E-state index contributed by atoms with van der Waals surface area (Å²) in [7, 11) is -3.34. The van der Waals surface area contributed by atoms with Gasteiger partial charge in [-0.2, -0.15) is 4.31 Å². The Balaban J connectivity index is 0.00000180. The molecule has 0 aromatic heterocycles. The zero-order valence-electron chi connectivity index (χ0n) is 11.3. The van der Waals surface area contributed by atoms with Crippen LogP contribution in [-0.4, -0.2) is 38.4 Å². The van der Waals surface area contributed by atoms with E-state index in [0.717, 1.165) is 18.5 Å². The van der Waals surface area contributed by atoms with Gasteiger partial charge in [-0.3, -0.25) is 0 Å². The zero-order chi connectivity index (χ0) is 13.2. The number of sulfonamides is 1. The number of hydrogen-bond acceptors (Lipinski definition) is 3. The molecule has 19 heavy (non-hydrogen) atoms. The Morgan fingerprint density at radius 1 is 1.32 bits per heavy atom. The van der Waals surface area contributed by atoms with Crippen molar-refractivity contribution < 1.29 is 8.42 Å². The van der Waals surface area contributed by atoms with E-state index in [2.05, 4.69) is 12.2 Å². The summed E-state index contributed by atoms with van der Waals surface area (Å²) in [5.74, 6) is 0. The van der Waals surface area contributed by atoms with Crippen molar-refractivity contribution in [1.82, 2.24) is 9.62 Å². The first-order valence-corrected chi connectivity index (χ1v) is 7.81. The fourth-order valence-electron chi connectivity index (χ4n) is 2.21. The molecule has 4 nitrogen and oxygen atoms in total. The molecule has 0 saturated carbocycles. The van der Waals surface area contributed by atoms with Crippen molar-refractivity contribution >= 4 is 22.4 Å². The Labute approximate surface area is 121 Å². The number of halogens is 1. The van der Waals surface area contributed by atoms with Crippen molar-refractivity contribution in [2.24, 2.45) is 0 Å². The molecule has 1 N–H and O–H groups in total. The van der Waals surface area contributed by atoms with Crippen LogP contribution in [0.1, 0.15) is 19.4 Å². The fraction of sp³-hybridized carbons (Fsp3) is 0.538. The minimum atomic E-state index is -3.34. The zero-order valence-corrected chi connectivity index (χ0v) is 12.9. The van der Waals surface area contributed by atoms with Crippen LogP contribution in [0.25, 0.3) is 0 Å². The van der Waals surface area contributed by atoms with Gasteiger partial charge in [0.25, 0.3) is 0 Å². The molecule has 0 bridgehead atoms. The molecule has 6 heteroatoms. The third-order valence-corrected chi connectivity index (χ3v) is 5.41. The number of rotatable bonds is 3. The van der Waals surface area contributed by atoms with Crippen LogP contribution in [0.5, 0.6) is 0 Å². The second kappa shape index (κ2) is 6.70. The average Bonchev–Trinajstić information content (AvgIpc) is 2.39. The lowest BCUT2D eigenvalue weighted by Crippen LogP contribution is -2.52. The summed E-state index contributed by atoms with van der Waals surface area (Å²) in [5, 5.41) is 3.20. The number of nitrogens with one attached hydrogen (secondary N) is 1. The van der Waals surface area contributed by atoms with E-state index in [0.29, 0.717) is 18.0 Å². The van der Waals surface area contributed by atoms with Crippen LogP contribution in [0.15, 0.2) is 29.2 Å². The van der Waals surface area contributed by atoms with E-state index in [4.69, 9.17) is 0 Å². The molecule has 0 aliphatic carbocycles. The Bertz CT molecular complexity index is 502. The summed E-state index contributed by atoms with van der Waals surface area (Å²) in [6.07, 6.45) is 0.921. The summed E-state index contributed by atoms with van der Waals surface area (Å²) >= 11 is 0. The Morgan fingerprint density at radius 2 is 1.95 bits per heavy atom. The van der Waals surface area contributed by atoms with Gasteiger partial charge in [0, 0.05) is 25.7 Å². The van der Waals surface area contributed by atoms with Crippen LogP contribution in [0.3, 0.4) is 0 Å². The minimum Gasteiger partial charge on any atom is -0.314 e. The maximum absolute atomic E-state index is 12.5.